The summed E-state index contributed by atoms with van der Waals surface area (Å²) in [5.41, 5.74) is -0.0519. The van der Waals surface area contributed by atoms with Crippen LogP contribution in [0.1, 0.15) is 46.5 Å². The minimum absolute atomic E-state index is 0.0519. The van der Waals surface area contributed by atoms with Gasteiger partial charge < -0.3 is 9.84 Å². The van der Waals surface area contributed by atoms with Gasteiger partial charge in [0.05, 0.1) is 12.7 Å². The van der Waals surface area contributed by atoms with E-state index in [1.807, 2.05) is 20.8 Å². The zero-order valence-electron chi connectivity index (χ0n) is 12.2. The molecule has 1 atom stereocenters. The summed E-state index contributed by atoms with van der Waals surface area (Å²) in [5, 5.41) is 9.88. The smallest absolute Gasteiger partial charge is 0.165 e. The number of halogens is 1. The second kappa shape index (κ2) is 7.49. The quantitative estimate of drug-likeness (QED) is 0.752. The van der Waals surface area contributed by atoms with Gasteiger partial charge >= 0.3 is 0 Å². The standard InChI is InChI=1S/C16H25FO2/c1-16(2,3)15(18)11-5-4-8-12-19-14-10-7-6-9-13(14)17/h6-7,9-10,15,18H,4-5,8,11-12H2,1-3H3. The number of benzene rings is 1. The Hall–Kier alpha value is -1.09. The van der Waals surface area contributed by atoms with E-state index in [0.717, 1.165) is 25.7 Å². The van der Waals surface area contributed by atoms with Crippen LogP contribution < -0.4 is 4.74 Å². The van der Waals surface area contributed by atoms with Crippen molar-refractivity contribution in [2.24, 2.45) is 5.41 Å². The van der Waals surface area contributed by atoms with E-state index in [-0.39, 0.29) is 17.3 Å². The minimum atomic E-state index is -0.314. The van der Waals surface area contributed by atoms with Gasteiger partial charge in [-0.05, 0) is 36.8 Å². The first-order valence-electron chi connectivity index (χ1n) is 6.96. The Bertz CT molecular complexity index is 371. The van der Waals surface area contributed by atoms with Gasteiger partial charge in [-0.1, -0.05) is 39.3 Å². The summed E-state index contributed by atoms with van der Waals surface area (Å²) < 4.78 is 18.6. The second-order valence-corrected chi connectivity index (χ2v) is 6.01. The molecule has 0 aliphatic rings. The first-order chi connectivity index (χ1) is 8.91. The number of rotatable bonds is 7. The van der Waals surface area contributed by atoms with Crippen molar-refractivity contribution >= 4 is 0 Å². The van der Waals surface area contributed by atoms with Gasteiger partial charge in [0.1, 0.15) is 0 Å². The predicted molar refractivity (Wildman–Crippen MR) is 75.8 cm³/mol. The summed E-state index contributed by atoms with van der Waals surface area (Å²) in [6.45, 7) is 6.64. The molecule has 0 spiro atoms. The molecule has 0 radical (unpaired) electrons. The molecule has 0 aliphatic heterocycles. The summed E-state index contributed by atoms with van der Waals surface area (Å²) in [6.07, 6.45) is 3.38. The van der Waals surface area contributed by atoms with Crippen LogP contribution in [0.15, 0.2) is 24.3 Å². The van der Waals surface area contributed by atoms with E-state index >= 15 is 0 Å². The lowest BCUT2D eigenvalue weighted by Crippen LogP contribution is -2.25. The van der Waals surface area contributed by atoms with E-state index in [1.54, 1.807) is 18.2 Å². The van der Waals surface area contributed by atoms with Gasteiger partial charge in [0.25, 0.3) is 0 Å². The second-order valence-electron chi connectivity index (χ2n) is 6.01. The molecule has 1 rings (SSSR count). The highest BCUT2D eigenvalue weighted by molar-refractivity contribution is 5.23. The SMILES string of the molecule is CC(C)(C)C(O)CCCCCOc1ccccc1F. The maximum Gasteiger partial charge on any atom is 0.165 e. The molecule has 0 saturated carbocycles. The van der Waals surface area contributed by atoms with Crippen LogP contribution in [0.25, 0.3) is 0 Å². The third-order valence-corrected chi connectivity index (χ3v) is 3.22. The van der Waals surface area contributed by atoms with Gasteiger partial charge in [-0.25, -0.2) is 4.39 Å². The average molecular weight is 268 g/mol. The van der Waals surface area contributed by atoms with Crippen LogP contribution in [0.2, 0.25) is 0 Å². The minimum Gasteiger partial charge on any atom is -0.491 e. The Labute approximate surface area is 115 Å². The van der Waals surface area contributed by atoms with Gasteiger partial charge in [0, 0.05) is 0 Å². The fraction of sp³-hybridized carbons (Fsp3) is 0.625. The molecule has 3 heteroatoms. The fourth-order valence-electron chi connectivity index (χ4n) is 1.79. The monoisotopic (exact) mass is 268 g/mol. The fourth-order valence-corrected chi connectivity index (χ4v) is 1.79. The van der Waals surface area contributed by atoms with Crippen LogP contribution in [0.3, 0.4) is 0 Å². The van der Waals surface area contributed by atoms with E-state index < -0.39 is 0 Å². The highest BCUT2D eigenvalue weighted by atomic mass is 19.1. The molecular formula is C16H25FO2. The topological polar surface area (TPSA) is 29.5 Å². The lowest BCUT2D eigenvalue weighted by Gasteiger charge is -2.25. The molecule has 0 aliphatic carbocycles. The van der Waals surface area contributed by atoms with Gasteiger partial charge in [-0.3, -0.25) is 0 Å². The summed E-state index contributed by atoms with van der Waals surface area (Å²) in [5.74, 6) is 0.00267. The van der Waals surface area contributed by atoms with Crippen molar-refractivity contribution in [1.29, 1.82) is 0 Å². The first kappa shape index (κ1) is 16.0. The summed E-state index contributed by atoms with van der Waals surface area (Å²) in [7, 11) is 0. The van der Waals surface area contributed by atoms with Gasteiger partial charge in [-0.15, -0.1) is 0 Å². The molecule has 0 amide bonds. The molecule has 0 aromatic heterocycles. The Balaban J connectivity index is 2.11. The summed E-state index contributed by atoms with van der Waals surface area (Å²) in [6, 6.07) is 6.45. The van der Waals surface area contributed by atoms with E-state index in [4.69, 9.17) is 4.74 Å². The average Bonchev–Trinajstić information content (AvgIpc) is 2.34. The highest BCUT2D eigenvalue weighted by Gasteiger charge is 2.20. The van der Waals surface area contributed by atoms with Crippen LogP contribution >= 0.6 is 0 Å². The van der Waals surface area contributed by atoms with Gasteiger partial charge in [0.15, 0.2) is 11.6 Å². The molecule has 19 heavy (non-hydrogen) atoms. The maximum absolute atomic E-state index is 13.2. The van der Waals surface area contributed by atoms with Crippen LogP contribution in [0.4, 0.5) is 4.39 Å². The highest BCUT2D eigenvalue weighted by Crippen LogP contribution is 2.23. The molecule has 0 bridgehead atoms. The van der Waals surface area contributed by atoms with Crippen molar-refractivity contribution in [1.82, 2.24) is 0 Å². The Morgan fingerprint density at radius 3 is 2.47 bits per heavy atom. The lowest BCUT2D eigenvalue weighted by molar-refractivity contribution is 0.0531. The number of ether oxygens (including phenoxy) is 1. The van der Waals surface area contributed by atoms with E-state index in [1.165, 1.54) is 6.07 Å². The largest absolute Gasteiger partial charge is 0.491 e. The van der Waals surface area contributed by atoms with Crippen molar-refractivity contribution in [3.63, 3.8) is 0 Å². The molecule has 0 heterocycles. The number of para-hydroxylation sites is 1. The van der Waals surface area contributed by atoms with Gasteiger partial charge in [0.2, 0.25) is 0 Å². The Morgan fingerprint density at radius 1 is 1.16 bits per heavy atom. The van der Waals surface area contributed by atoms with Crippen molar-refractivity contribution in [3.8, 4) is 5.75 Å². The molecular weight excluding hydrogens is 243 g/mol. The lowest BCUT2D eigenvalue weighted by atomic mass is 9.86. The zero-order chi connectivity index (χ0) is 14.3. The Morgan fingerprint density at radius 2 is 1.84 bits per heavy atom. The third-order valence-electron chi connectivity index (χ3n) is 3.22. The molecule has 1 N–H and O–H groups in total. The van der Waals surface area contributed by atoms with Crippen molar-refractivity contribution in [3.05, 3.63) is 30.1 Å². The summed E-state index contributed by atoms with van der Waals surface area (Å²) in [4.78, 5) is 0. The first-order valence-corrected chi connectivity index (χ1v) is 6.96. The number of aliphatic hydroxyl groups is 1. The predicted octanol–water partition coefficient (Wildman–Crippen LogP) is 4.17. The summed E-state index contributed by atoms with van der Waals surface area (Å²) >= 11 is 0. The number of hydrogen-bond donors (Lipinski definition) is 1. The number of aliphatic hydroxyl groups excluding tert-OH is 1. The van der Waals surface area contributed by atoms with Gasteiger partial charge in [-0.2, -0.15) is 0 Å². The van der Waals surface area contributed by atoms with Crippen molar-refractivity contribution in [2.75, 3.05) is 6.61 Å². The van der Waals surface area contributed by atoms with Crippen molar-refractivity contribution in [2.45, 2.75) is 52.6 Å². The van der Waals surface area contributed by atoms with Crippen LogP contribution in [-0.4, -0.2) is 17.8 Å². The van der Waals surface area contributed by atoms with Crippen LogP contribution in [0, 0.1) is 11.2 Å². The molecule has 0 fully saturated rings. The van der Waals surface area contributed by atoms with Crippen molar-refractivity contribution < 1.29 is 14.2 Å². The zero-order valence-corrected chi connectivity index (χ0v) is 12.2. The molecule has 1 unspecified atom stereocenters. The molecule has 108 valence electrons. The molecule has 1 aromatic carbocycles. The van der Waals surface area contributed by atoms with E-state index in [9.17, 15) is 9.50 Å². The molecule has 0 saturated heterocycles. The molecule has 2 nitrogen and oxygen atoms in total. The number of hydrogen-bond acceptors (Lipinski definition) is 2. The molecule has 1 aromatic rings. The van der Waals surface area contributed by atoms with E-state index in [2.05, 4.69) is 0 Å². The van der Waals surface area contributed by atoms with Crippen LogP contribution in [-0.2, 0) is 0 Å². The Kier molecular flexibility index (Phi) is 6.29. The van der Waals surface area contributed by atoms with Crippen LogP contribution in [0.5, 0.6) is 5.75 Å². The normalized spacial score (nSPS) is 13.3. The number of unbranched alkanes of at least 4 members (excludes halogenated alkanes) is 2. The maximum atomic E-state index is 13.2. The third kappa shape index (κ3) is 6.06. The van der Waals surface area contributed by atoms with E-state index in [0.29, 0.717) is 12.4 Å².